The maximum absolute atomic E-state index is 12.4. The number of anilines is 2. The lowest BCUT2D eigenvalue weighted by Gasteiger charge is -2.17. The van der Waals surface area contributed by atoms with Crippen LogP contribution < -0.4 is 15.4 Å². The van der Waals surface area contributed by atoms with Gasteiger partial charge in [0, 0.05) is 10.2 Å². The summed E-state index contributed by atoms with van der Waals surface area (Å²) in [5.41, 5.74) is 1.72. The Kier molecular flexibility index (Phi) is 7.89. The van der Waals surface area contributed by atoms with Gasteiger partial charge in [-0.2, -0.15) is 8.78 Å². The highest BCUT2D eigenvalue weighted by molar-refractivity contribution is 9.10. The van der Waals surface area contributed by atoms with E-state index in [1.807, 2.05) is 19.1 Å². The number of hydrogen-bond donors (Lipinski definition) is 2. The number of nitrogens with zero attached hydrogens (tertiary/aromatic N) is 1. The number of hydrogen-bond acceptors (Lipinski definition) is 4. The van der Waals surface area contributed by atoms with Crippen LogP contribution in [0.2, 0.25) is 0 Å². The summed E-state index contributed by atoms with van der Waals surface area (Å²) >= 11 is 3.36. The van der Waals surface area contributed by atoms with Crippen LogP contribution in [0.25, 0.3) is 0 Å². The molecule has 9 heteroatoms. The number of benzene rings is 2. The first-order valence-electron chi connectivity index (χ1n) is 8.33. The normalized spacial score (nSPS) is 10.8. The van der Waals surface area contributed by atoms with E-state index < -0.39 is 12.5 Å². The molecule has 0 fully saturated rings. The highest BCUT2D eigenvalue weighted by Gasteiger charge is 2.15. The first kappa shape index (κ1) is 21.8. The zero-order valence-electron chi connectivity index (χ0n) is 15.3. The van der Waals surface area contributed by atoms with Crippen molar-refractivity contribution in [1.82, 2.24) is 4.90 Å². The molecule has 0 aliphatic rings. The van der Waals surface area contributed by atoms with Crippen molar-refractivity contribution >= 4 is 39.1 Å². The molecule has 2 amide bonds. The molecule has 0 saturated heterocycles. The average molecular weight is 456 g/mol. The van der Waals surface area contributed by atoms with Gasteiger partial charge in [-0.1, -0.05) is 28.1 Å². The number of nitrogens with one attached hydrogen (secondary N) is 2. The lowest BCUT2D eigenvalue weighted by Crippen LogP contribution is -2.36. The lowest BCUT2D eigenvalue weighted by molar-refractivity contribution is -0.119. The van der Waals surface area contributed by atoms with Crippen molar-refractivity contribution < 1.29 is 23.1 Å². The van der Waals surface area contributed by atoms with Gasteiger partial charge < -0.3 is 15.4 Å². The van der Waals surface area contributed by atoms with E-state index in [4.69, 9.17) is 0 Å². The fourth-order valence-electron chi connectivity index (χ4n) is 2.46. The van der Waals surface area contributed by atoms with Crippen molar-refractivity contribution in [3.05, 3.63) is 52.5 Å². The quantitative estimate of drug-likeness (QED) is 0.633. The highest BCUT2D eigenvalue weighted by Crippen LogP contribution is 2.25. The molecule has 28 heavy (non-hydrogen) atoms. The van der Waals surface area contributed by atoms with Gasteiger partial charge in [-0.15, -0.1) is 0 Å². The summed E-state index contributed by atoms with van der Waals surface area (Å²) in [5, 5.41) is 5.29. The fraction of sp³-hybridized carbons (Fsp3) is 0.263. The third-order valence-corrected chi connectivity index (χ3v) is 4.16. The second-order valence-electron chi connectivity index (χ2n) is 6.10. The van der Waals surface area contributed by atoms with E-state index >= 15 is 0 Å². The Morgan fingerprint density at radius 2 is 1.68 bits per heavy atom. The summed E-state index contributed by atoms with van der Waals surface area (Å²) in [4.78, 5) is 25.8. The van der Waals surface area contributed by atoms with Crippen molar-refractivity contribution in [2.45, 2.75) is 13.5 Å². The minimum atomic E-state index is -2.99. The maximum Gasteiger partial charge on any atom is 0.387 e. The van der Waals surface area contributed by atoms with Crippen molar-refractivity contribution in [1.29, 1.82) is 0 Å². The first-order valence-corrected chi connectivity index (χ1v) is 9.12. The third-order valence-electron chi connectivity index (χ3n) is 3.67. The average Bonchev–Trinajstić information content (AvgIpc) is 2.58. The van der Waals surface area contributed by atoms with E-state index in [-0.39, 0.29) is 30.4 Å². The Labute approximate surface area is 170 Å². The maximum atomic E-state index is 12.4. The molecule has 0 aliphatic carbocycles. The van der Waals surface area contributed by atoms with Crippen LogP contribution in [0.15, 0.2) is 46.9 Å². The number of ether oxygens (including phenoxy) is 1. The predicted molar refractivity (Wildman–Crippen MR) is 107 cm³/mol. The number of rotatable bonds is 8. The Morgan fingerprint density at radius 3 is 2.29 bits per heavy atom. The second kappa shape index (κ2) is 10.1. The van der Waals surface area contributed by atoms with E-state index in [1.54, 1.807) is 19.2 Å². The van der Waals surface area contributed by atoms with Crippen LogP contribution in [0.3, 0.4) is 0 Å². The Hall–Kier alpha value is -2.52. The number of likely N-dealkylation sites (N-methyl/N-ethyl adjacent to an activating group) is 1. The van der Waals surface area contributed by atoms with Crippen LogP contribution in [0.1, 0.15) is 5.56 Å². The smallest absolute Gasteiger partial charge is 0.387 e. The van der Waals surface area contributed by atoms with E-state index in [2.05, 4.69) is 31.3 Å². The molecule has 0 radical (unpaired) electrons. The number of para-hydroxylation sites is 2. The molecule has 0 bridgehead atoms. The van der Waals surface area contributed by atoms with Crippen molar-refractivity contribution in [3.8, 4) is 5.75 Å². The lowest BCUT2D eigenvalue weighted by atomic mass is 10.2. The van der Waals surface area contributed by atoms with Gasteiger partial charge >= 0.3 is 6.61 Å². The van der Waals surface area contributed by atoms with Crippen molar-refractivity contribution in [2.75, 3.05) is 30.8 Å². The summed E-state index contributed by atoms with van der Waals surface area (Å²) < 4.78 is 30.1. The number of carbonyl (C=O) groups excluding carboxylic acids is 2. The van der Waals surface area contributed by atoms with Gasteiger partial charge in [-0.25, -0.2) is 0 Å². The number of amides is 2. The zero-order valence-corrected chi connectivity index (χ0v) is 16.9. The minimum absolute atomic E-state index is 0.0158. The van der Waals surface area contributed by atoms with Crippen LogP contribution in [-0.2, 0) is 9.59 Å². The molecule has 2 N–H and O–H groups in total. The highest BCUT2D eigenvalue weighted by atomic mass is 79.9. The Balaban J connectivity index is 1.88. The van der Waals surface area contributed by atoms with E-state index in [9.17, 15) is 18.4 Å². The molecule has 6 nitrogen and oxygen atoms in total. The van der Waals surface area contributed by atoms with Crippen LogP contribution in [0, 0.1) is 6.92 Å². The summed E-state index contributed by atoms with van der Waals surface area (Å²) in [5.74, 6) is -0.862. The zero-order chi connectivity index (χ0) is 20.7. The largest absolute Gasteiger partial charge is 0.433 e. The van der Waals surface area contributed by atoms with Gasteiger partial charge in [-0.3, -0.25) is 14.5 Å². The van der Waals surface area contributed by atoms with Gasteiger partial charge in [0.15, 0.2) is 0 Å². The SMILES string of the molecule is Cc1cc(Br)ccc1NC(=O)CN(C)CC(=O)Nc1ccccc1OC(F)F. The van der Waals surface area contributed by atoms with Crippen LogP contribution >= 0.6 is 15.9 Å². The molecule has 2 aromatic rings. The van der Waals surface area contributed by atoms with Gasteiger partial charge in [0.25, 0.3) is 0 Å². The Morgan fingerprint density at radius 1 is 1.07 bits per heavy atom. The molecule has 0 spiro atoms. The summed E-state index contributed by atoms with van der Waals surface area (Å²) in [6.07, 6.45) is 0. The fourth-order valence-corrected chi connectivity index (χ4v) is 2.94. The first-order chi connectivity index (χ1) is 13.2. The Bertz CT molecular complexity index is 849. The standard InChI is InChI=1S/C19H20BrF2N3O3/c1-12-9-13(20)7-8-14(12)23-17(26)10-25(2)11-18(27)24-15-5-3-4-6-16(15)28-19(21)22/h3-9,19H,10-11H2,1-2H3,(H,23,26)(H,24,27). The summed E-state index contributed by atoms with van der Waals surface area (Å²) in [7, 11) is 1.61. The summed E-state index contributed by atoms with van der Waals surface area (Å²) in [6, 6.07) is 11.4. The monoisotopic (exact) mass is 455 g/mol. The van der Waals surface area contributed by atoms with E-state index in [0.29, 0.717) is 5.69 Å². The number of alkyl halides is 2. The third kappa shape index (κ3) is 6.90. The molecule has 0 atom stereocenters. The van der Waals surface area contributed by atoms with Crippen molar-refractivity contribution in [3.63, 3.8) is 0 Å². The van der Waals surface area contributed by atoms with Gasteiger partial charge in [-0.05, 0) is 49.9 Å². The van der Waals surface area contributed by atoms with E-state index in [0.717, 1.165) is 10.0 Å². The molecular formula is C19H20BrF2N3O3. The molecule has 0 heterocycles. The molecular weight excluding hydrogens is 436 g/mol. The topological polar surface area (TPSA) is 70.7 Å². The number of halogens is 3. The molecule has 0 saturated carbocycles. The second-order valence-corrected chi connectivity index (χ2v) is 7.02. The molecule has 0 aromatic heterocycles. The van der Waals surface area contributed by atoms with Gasteiger partial charge in [0.2, 0.25) is 11.8 Å². The number of carbonyl (C=O) groups is 2. The minimum Gasteiger partial charge on any atom is -0.433 e. The molecule has 150 valence electrons. The van der Waals surface area contributed by atoms with Gasteiger partial charge in [0.1, 0.15) is 5.75 Å². The van der Waals surface area contributed by atoms with Crippen LogP contribution in [0.4, 0.5) is 20.2 Å². The van der Waals surface area contributed by atoms with Crippen LogP contribution in [-0.4, -0.2) is 43.5 Å². The van der Waals surface area contributed by atoms with Gasteiger partial charge in [0.05, 0.1) is 18.8 Å². The van der Waals surface area contributed by atoms with Crippen LogP contribution in [0.5, 0.6) is 5.75 Å². The molecule has 2 rings (SSSR count). The molecule has 0 aliphatic heterocycles. The number of aryl methyl sites for hydroxylation is 1. The molecule has 0 unspecified atom stereocenters. The summed E-state index contributed by atoms with van der Waals surface area (Å²) in [6.45, 7) is -1.24. The predicted octanol–water partition coefficient (Wildman–Crippen LogP) is 3.87. The molecule has 2 aromatic carbocycles. The van der Waals surface area contributed by atoms with Crippen molar-refractivity contribution in [2.24, 2.45) is 0 Å². The van der Waals surface area contributed by atoms with E-state index in [1.165, 1.54) is 23.1 Å².